The molecule has 1 unspecified atom stereocenters. The largest absolute Gasteiger partial charge is 0.480 e. The van der Waals surface area contributed by atoms with Crippen molar-refractivity contribution in [3.05, 3.63) is 0 Å². The molecule has 3 N–H and O–H groups in total. The van der Waals surface area contributed by atoms with E-state index in [1.165, 1.54) is 6.92 Å². The molecule has 0 aliphatic carbocycles. The zero-order valence-corrected chi connectivity index (χ0v) is 7.06. The number of carbonyl (C=O) groups excluding carboxylic acids is 1. The van der Waals surface area contributed by atoms with Crippen molar-refractivity contribution in [3.63, 3.8) is 0 Å². The maximum atomic E-state index is 10.3. The lowest BCUT2D eigenvalue weighted by Gasteiger charge is -2.02. The van der Waals surface area contributed by atoms with Crippen molar-refractivity contribution in [2.75, 3.05) is 0 Å². The van der Waals surface area contributed by atoms with Crippen molar-refractivity contribution in [2.45, 2.75) is 25.8 Å². The number of carbonyl (C=O) groups is 2. The van der Waals surface area contributed by atoms with Crippen LogP contribution < -0.4 is 5.73 Å². The fraction of sp³-hybridized carbons (Fsp3) is 0.667. The van der Waals surface area contributed by atoms with E-state index in [1.807, 2.05) is 0 Å². The summed E-state index contributed by atoms with van der Waals surface area (Å²) in [5, 5.41) is 8.26. The number of ketones is 1. The average Bonchev–Trinajstić information content (AvgIpc) is 1.82. The summed E-state index contributed by atoms with van der Waals surface area (Å²) < 4.78 is 0. The summed E-state index contributed by atoms with van der Waals surface area (Å²) in [5.74, 6) is -1.09. The molecule has 11 heavy (non-hydrogen) atoms. The molecule has 4 nitrogen and oxygen atoms in total. The van der Waals surface area contributed by atoms with Crippen LogP contribution in [0.5, 0.6) is 0 Å². The molecule has 0 aromatic rings. The van der Waals surface area contributed by atoms with E-state index < -0.39 is 12.0 Å². The van der Waals surface area contributed by atoms with Crippen molar-refractivity contribution >= 4 is 24.2 Å². The Morgan fingerprint density at radius 2 is 2.00 bits per heavy atom. The molecule has 0 saturated carbocycles. The Balaban J connectivity index is 0. The van der Waals surface area contributed by atoms with Gasteiger partial charge in [-0.25, -0.2) is 0 Å². The van der Waals surface area contributed by atoms with E-state index in [1.54, 1.807) is 0 Å². The molecular formula is C6H12ClNO3. The molecular weight excluding hydrogens is 170 g/mol. The number of aliphatic carboxylic acids is 1. The summed E-state index contributed by atoms with van der Waals surface area (Å²) in [7, 11) is 0. The first-order chi connectivity index (χ1) is 4.54. The maximum Gasteiger partial charge on any atom is 0.320 e. The number of halogens is 1. The third kappa shape index (κ3) is 7.29. The molecule has 0 aromatic heterocycles. The van der Waals surface area contributed by atoms with Gasteiger partial charge in [0.15, 0.2) is 0 Å². The first kappa shape index (κ1) is 13.0. The van der Waals surface area contributed by atoms with Crippen LogP contribution in [0.2, 0.25) is 0 Å². The summed E-state index contributed by atoms with van der Waals surface area (Å²) in [6, 6.07) is -0.899. The highest BCUT2D eigenvalue weighted by Crippen LogP contribution is 1.94. The van der Waals surface area contributed by atoms with E-state index in [9.17, 15) is 9.59 Å². The van der Waals surface area contributed by atoms with Gasteiger partial charge in [-0.05, 0) is 13.3 Å². The summed E-state index contributed by atoms with van der Waals surface area (Å²) in [5.41, 5.74) is 5.11. The molecule has 0 heterocycles. The molecule has 0 fully saturated rings. The lowest BCUT2D eigenvalue weighted by Crippen LogP contribution is -2.30. The minimum Gasteiger partial charge on any atom is -0.480 e. The monoisotopic (exact) mass is 181 g/mol. The Labute approximate surface area is 71.2 Å². The molecule has 0 aliphatic heterocycles. The van der Waals surface area contributed by atoms with E-state index in [4.69, 9.17) is 10.8 Å². The predicted molar refractivity (Wildman–Crippen MR) is 42.8 cm³/mol. The van der Waals surface area contributed by atoms with Gasteiger partial charge in [0, 0.05) is 6.42 Å². The van der Waals surface area contributed by atoms with Gasteiger partial charge in [0.05, 0.1) is 0 Å². The number of Topliss-reactive ketones (excluding diaryl/α,β-unsaturated/α-hetero) is 1. The van der Waals surface area contributed by atoms with E-state index >= 15 is 0 Å². The summed E-state index contributed by atoms with van der Waals surface area (Å²) in [6.07, 6.45) is 0.470. The van der Waals surface area contributed by atoms with Crippen LogP contribution in [-0.2, 0) is 9.59 Å². The Bertz CT molecular complexity index is 149. The van der Waals surface area contributed by atoms with Crippen molar-refractivity contribution in [1.29, 1.82) is 0 Å². The van der Waals surface area contributed by atoms with Gasteiger partial charge < -0.3 is 15.6 Å². The molecule has 0 spiro atoms. The Kier molecular flexibility index (Phi) is 7.24. The zero-order valence-electron chi connectivity index (χ0n) is 6.24. The third-order valence-corrected chi connectivity index (χ3v) is 1.12. The van der Waals surface area contributed by atoms with Gasteiger partial charge in [-0.1, -0.05) is 0 Å². The van der Waals surface area contributed by atoms with Crippen molar-refractivity contribution in [1.82, 2.24) is 0 Å². The highest BCUT2D eigenvalue weighted by molar-refractivity contribution is 5.85. The van der Waals surface area contributed by atoms with Crippen molar-refractivity contribution in [3.8, 4) is 0 Å². The standard InChI is InChI=1S/C6H11NO3.ClH/c1-4(8)2-3-5(7)6(9)10;/h5H,2-3,7H2,1H3,(H,9,10);1H. The van der Waals surface area contributed by atoms with Gasteiger partial charge in [0.25, 0.3) is 0 Å². The molecule has 0 radical (unpaired) electrons. The minimum absolute atomic E-state index is 0. The summed E-state index contributed by atoms with van der Waals surface area (Å²) in [6.45, 7) is 1.41. The second kappa shape index (κ2) is 6.12. The maximum absolute atomic E-state index is 10.3. The Hall–Kier alpha value is -0.610. The van der Waals surface area contributed by atoms with E-state index in [0.29, 0.717) is 0 Å². The number of rotatable bonds is 4. The van der Waals surface area contributed by atoms with Crippen LogP contribution in [0, 0.1) is 0 Å². The quantitative estimate of drug-likeness (QED) is 0.649. The SMILES string of the molecule is CC(=O)CCC(N)C(=O)O.Cl. The van der Waals surface area contributed by atoms with Gasteiger partial charge in [0.1, 0.15) is 11.8 Å². The average molecular weight is 182 g/mol. The lowest BCUT2D eigenvalue weighted by molar-refractivity contribution is -0.138. The molecule has 0 aromatic carbocycles. The molecule has 5 heteroatoms. The molecule has 66 valence electrons. The molecule has 0 aliphatic rings. The normalized spacial score (nSPS) is 11.5. The third-order valence-electron chi connectivity index (χ3n) is 1.12. The van der Waals surface area contributed by atoms with Crippen LogP contribution in [0.15, 0.2) is 0 Å². The second-order valence-electron chi connectivity index (χ2n) is 2.19. The predicted octanol–water partition coefficient (Wildman–Crippen LogP) is 0.189. The van der Waals surface area contributed by atoms with Crippen LogP contribution in [0.1, 0.15) is 19.8 Å². The molecule has 0 amide bonds. The zero-order chi connectivity index (χ0) is 8.15. The van der Waals surface area contributed by atoms with Crippen LogP contribution in [0.3, 0.4) is 0 Å². The number of carboxylic acids is 1. The van der Waals surface area contributed by atoms with Gasteiger partial charge in [-0.15, -0.1) is 12.4 Å². The first-order valence-electron chi connectivity index (χ1n) is 3.02. The van der Waals surface area contributed by atoms with Gasteiger partial charge >= 0.3 is 5.97 Å². The van der Waals surface area contributed by atoms with E-state index in [-0.39, 0.29) is 31.0 Å². The van der Waals surface area contributed by atoms with Crippen molar-refractivity contribution in [2.24, 2.45) is 5.73 Å². The van der Waals surface area contributed by atoms with Crippen LogP contribution >= 0.6 is 12.4 Å². The number of hydrogen-bond acceptors (Lipinski definition) is 3. The second-order valence-corrected chi connectivity index (χ2v) is 2.19. The van der Waals surface area contributed by atoms with E-state index in [2.05, 4.69) is 0 Å². The number of nitrogens with two attached hydrogens (primary N) is 1. The van der Waals surface area contributed by atoms with Crippen molar-refractivity contribution < 1.29 is 14.7 Å². The summed E-state index contributed by atoms with van der Waals surface area (Å²) >= 11 is 0. The summed E-state index contributed by atoms with van der Waals surface area (Å²) in [4.78, 5) is 20.4. The fourth-order valence-electron chi connectivity index (χ4n) is 0.482. The fourth-order valence-corrected chi connectivity index (χ4v) is 0.482. The highest BCUT2D eigenvalue weighted by Gasteiger charge is 2.10. The van der Waals surface area contributed by atoms with Gasteiger partial charge in [-0.3, -0.25) is 4.79 Å². The first-order valence-corrected chi connectivity index (χ1v) is 3.02. The minimum atomic E-state index is -1.05. The van der Waals surface area contributed by atoms with Crippen LogP contribution in [0.25, 0.3) is 0 Å². The Morgan fingerprint density at radius 3 is 2.27 bits per heavy atom. The topological polar surface area (TPSA) is 80.4 Å². The molecule has 0 bridgehead atoms. The Morgan fingerprint density at radius 1 is 1.55 bits per heavy atom. The number of hydrogen-bond donors (Lipinski definition) is 2. The molecule has 1 atom stereocenters. The van der Waals surface area contributed by atoms with Crippen LogP contribution in [0.4, 0.5) is 0 Å². The molecule has 0 rings (SSSR count). The molecule has 0 saturated heterocycles. The lowest BCUT2D eigenvalue weighted by atomic mass is 10.1. The number of carboxylic acid groups (broad SMARTS) is 1. The van der Waals surface area contributed by atoms with Gasteiger partial charge in [0.2, 0.25) is 0 Å². The van der Waals surface area contributed by atoms with Gasteiger partial charge in [-0.2, -0.15) is 0 Å². The van der Waals surface area contributed by atoms with Crippen LogP contribution in [-0.4, -0.2) is 22.9 Å². The highest BCUT2D eigenvalue weighted by atomic mass is 35.5. The smallest absolute Gasteiger partial charge is 0.320 e. The van der Waals surface area contributed by atoms with E-state index in [0.717, 1.165) is 0 Å².